The Balaban J connectivity index is 1.44. The van der Waals surface area contributed by atoms with E-state index in [4.69, 9.17) is 19.2 Å². The molecule has 1 aliphatic rings. The molecule has 1 N–H and O–H groups in total. The van der Waals surface area contributed by atoms with Crippen LogP contribution in [-0.4, -0.2) is 12.5 Å². The van der Waals surface area contributed by atoms with Crippen LogP contribution in [0, 0.1) is 25.2 Å². The Morgan fingerprint density at radius 3 is 2.90 bits per heavy atom. The Hall–Kier alpha value is -3.72. The number of furan rings is 1. The van der Waals surface area contributed by atoms with Gasteiger partial charge in [-0.05, 0) is 43.7 Å². The van der Waals surface area contributed by atoms with Crippen LogP contribution in [-0.2, 0) is 6.61 Å². The first kappa shape index (κ1) is 19.6. The summed E-state index contributed by atoms with van der Waals surface area (Å²) in [6.07, 6.45) is 0.698. The average molecular weight is 402 g/mol. The highest BCUT2D eigenvalue weighted by molar-refractivity contribution is 5.91. The summed E-state index contributed by atoms with van der Waals surface area (Å²) in [6.45, 7) is 4.73. The molecule has 2 aromatic carbocycles. The van der Waals surface area contributed by atoms with E-state index in [1.807, 2.05) is 13.8 Å². The van der Waals surface area contributed by atoms with E-state index in [0.717, 1.165) is 22.4 Å². The fourth-order valence-corrected chi connectivity index (χ4v) is 3.67. The Kier molecular flexibility index (Phi) is 5.44. The van der Waals surface area contributed by atoms with Crippen LogP contribution in [0.1, 0.15) is 51.0 Å². The topological polar surface area (TPSA) is 84.5 Å². The van der Waals surface area contributed by atoms with Gasteiger partial charge in [0.1, 0.15) is 29.9 Å². The molecule has 4 rings (SSSR count). The van der Waals surface area contributed by atoms with Crippen molar-refractivity contribution in [2.24, 2.45) is 0 Å². The van der Waals surface area contributed by atoms with E-state index in [9.17, 15) is 4.79 Å². The molecule has 3 aromatic rings. The second-order valence-electron chi connectivity index (χ2n) is 7.33. The highest BCUT2D eigenvalue weighted by atomic mass is 16.5. The molecule has 1 amide bonds. The molecule has 1 unspecified atom stereocenters. The lowest BCUT2D eigenvalue weighted by Crippen LogP contribution is -2.32. The van der Waals surface area contributed by atoms with Gasteiger partial charge >= 0.3 is 0 Å². The number of aryl methyl sites for hydroxylation is 2. The zero-order valence-corrected chi connectivity index (χ0v) is 16.9. The summed E-state index contributed by atoms with van der Waals surface area (Å²) in [6, 6.07) is 16.4. The van der Waals surface area contributed by atoms with Gasteiger partial charge in [-0.2, -0.15) is 5.26 Å². The van der Waals surface area contributed by atoms with E-state index >= 15 is 0 Å². The third kappa shape index (κ3) is 4.01. The molecule has 0 spiro atoms. The van der Waals surface area contributed by atoms with Gasteiger partial charge in [0, 0.05) is 12.0 Å². The van der Waals surface area contributed by atoms with Crippen molar-refractivity contribution in [2.45, 2.75) is 32.9 Å². The molecular formula is C24H22N2O4. The number of rotatable bonds is 5. The molecule has 1 aromatic heterocycles. The third-order valence-electron chi connectivity index (χ3n) is 5.04. The predicted octanol–water partition coefficient (Wildman–Crippen LogP) is 4.60. The van der Waals surface area contributed by atoms with Crippen molar-refractivity contribution in [3.8, 4) is 17.6 Å². The molecule has 0 radical (unpaired) electrons. The van der Waals surface area contributed by atoms with Gasteiger partial charge in [0.25, 0.3) is 5.91 Å². The highest BCUT2D eigenvalue weighted by Crippen LogP contribution is 2.36. The number of amides is 1. The molecule has 0 bridgehead atoms. The van der Waals surface area contributed by atoms with Crippen molar-refractivity contribution < 1.29 is 18.7 Å². The lowest BCUT2D eigenvalue weighted by molar-refractivity contribution is 0.0892. The minimum absolute atomic E-state index is 0.129. The van der Waals surface area contributed by atoms with Gasteiger partial charge in [-0.25, -0.2) is 0 Å². The van der Waals surface area contributed by atoms with Gasteiger partial charge in [-0.3, -0.25) is 4.79 Å². The Bertz CT molecular complexity index is 1130. The minimum atomic E-state index is -0.282. The first-order valence-electron chi connectivity index (χ1n) is 9.80. The lowest BCUT2D eigenvalue weighted by atomic mass is 9.95. The van der Waals surface area contributed by atoms with Crippen LogP contribution in [0.2, 0.25) is 0 Å². The third-order valence-corrected chi connectivity index (χ3v) is 5.04. The van der Waals surface area contributed by atoms with Crippen molar-refractivity contribution in [1.82, 2.24) is 5.32 Å². The molecule has 0 aliphatic carbocycles. The van der Waals surface area contributed by atoms with Crippen molar-refractivity contribution in [3.63, 3.8) is 0 Å². The fourth-order valence-electron chi connectivity index (χ4n) is 3.67. The number of benzene rings is 2. The van der Waals surface area contributed by atoms with Gasteiger partial charge in [-0.1, -0.05) is 29.8 Å². The minimum Gasteiger partial charge on any atom is -0.493 e. The maximum Gasteiger partial charge on any atom is 0.287 e. The summed E-state index contributed by atoms with van der Waals surface area (Å²) in [5, 5.41) is 12.2. The molecule has 30 heavy (non-hydrogen) atoms. The summed E-state index contributed by atoms with van der Waals surface area (Å²) in [5.41, 5.74) is 3.64. The van der Waals surface area contributed by atoms with Crippen LogP contribution in [0.5, 0.6) is 11.5 Å². The quantitative estimate of drug-likeness (QED) is 0.674. The van der Waals surface area contributed by atoms with Gasteiger partial charge in [0.15, 0.2) is 5.76 Å². The van der Waals surface area contributed by atoms with Crippen LogP contribution < -0.4 is 14.8 Å². The number of carbonyl (C=O) groups is 1. The number of hydrogen-bond donors (Lipinski definition) is 1. The molecular weight excluding hydrogens is 380 g/mol. The van der Waals surface area contributed by atoms with Crippen LogP contribution in [0.25, 0.3) is 0 Å². The number of hydrogen-bond acceptors (Lipinski definition) is 5. The van der Waals surface area contributed by atoms with Crippen molar-refractivity contribution in [1.29, 1.82) is 5.26 Å². The molecule has 0 saturated heterocycles. The number of nitriles is 1. The summed E-state index contributed by atoms with van der Waals surface area (Å²) in [4.78, 5) is 12.8. The van der Waals surface area contributed by atoms with Gasteiger partial charge < -0.3 is 19.2 Å². The molecule has 1 aliphatic heterocycles. The molecule has 6 heteroatoms. The number of carbonyl (C=O) groups excluding carboxylic acids is 1. The van der Waals surface area contributed by atoms with E-state index in [1.54, 1.807) is 36.4 Å². The van der Waals surface area contributed by atoms with E-state index in [-0.39, 0.29) is 24.3 Å². The number of nitrogens with one attached hydrogen (secondary N) is 1. The maximum absolute atomic E-state index is 12.8. The largest absolute Gasteiger partial charge is 0.493 e. The first-order valence-corrected chi connectivity index (χ1v) is 9.80. The van der Waals surface area contributed by atoms with Gasteiger partial charge in [0.05, 0.1) is 18.2 Å². The van der Waals surface area contributed by atoms with E-state index in [1.165, 1.54) is 0 Å². The Morgan fingerprint density at radius 1 is 1.23 bits per heavy atom. The number of para-hydroxylation sites is 1. The van der Waals surface area contributed by atoms with Crippen LogP contribution in [0.3, 0.4) is 0 Å². The van der Waals surface area contributed by atoms with E-state index in [0.29, 0.717) is 30.1 Å². The molecule has 2 heterocycles. The maximum atomic E-state index is 12.8. The second kappa shape index (κ2) is 8.34. The van der Waals surface area contributed by atoms with Gasteiger partial charge in [0.2, 0.25) is 0 Å². The molecule has 6 nitrogen and oxygen atoms in total. The Morgan fingerprint density at radius 2 is 2.07 bits per heavy atom. The molecule has 152 valence electrons. The zero-order chi connectivity index (χ0) is 21.1. The number of fused-ring (bicyclic) bond motifs is 1. The van der Waals surface area contributed by atoms with E-state index in [2.05, 4.69) is 23.5 Å². The summed E-state index contributed by atoms with van der Waals surface area (Å²) in [5.74, 6) is 1.77. The average Bonchev–Trinajstić information content (AvgIpc) is 3.22. The molecule has 0 saturated carbocycles. The van der Waals surface area contributed by atoms with Crippen LogP contribution >= 0.6 is 0 Å². The standard InChI is InChI=1S/C24H22N2O4/c1-15-11-16(2)23-19(12-15)20(9-10-28-23)26-24(27)22-8-7-18(30-22)14-29-21-6-4-3-5-17(21)13-25/h3-8,11-12,20H,9-10,14H2,1-2H3,(H,26,27). The Labute approximate surface area is 175 Å². The zero-order valence-electron chi connectivity index (χ0n) is 16.9. The fraction of sp³-hybridized carbons (Fsp3) is 0.250. The normalized spacial score (nSPS) is 14.9. The van der Waals surface area contributed by atoms with Crippen molar-refractivity contribution in [3.05, 3.63) is 82.3 Å². The van der Waals surface area contributed by atoms with Crippen LogP contribution in [0.15, 0.2) is 52.9 Å². The summed E-state index contributed by atoms with van der Waals surface area (Å²) in [7, 11) is 0. The van der Waals surface area contributed by atoms with Crippen LogP contribution in [0.4, 0.5) is 0 Å². The number of ether oxygens (including phenoxy) is 2. The SMILES string of the molecule is Cc1cc(C)c2c(c1)C(NC(=O)c1ccc(COc3ccccc3C#N)o1)CCO2. The second-order valence-corrected chi connectivity index (χ2v) is 7.33. The summed E-state index contributed by atoms with van der Waals surface area (Å²) >= 11 is 0. The number of nitrogens with zero attached hydrogens (tertiary/aromatic N) is 1. The van der Waals surface area contributed by atoms with Crippen molar-refractivity contribution in [2.75, 3.05) is 6.61 Å². The monoisotopic (exact) mass is 402 g/mol. The lowest BCUT2D eigenvalue weighted by Gasteiger charge is -2.28. The predicted molar refractivity (Wildman–Crippen MR) is 110 cm³/mol. The highest BCUT2D eigenvalue weighted by Gasteiger charge is 2.26. The molecule has 0 fully saturated rings. The van der Waals surface area contributed by atoms with E-state index < -0.39 is 0 Å². The smallest absolute Gasteiger partial charge is 0.287 e. The first-order chi connectivity index (χ1) is 14.5. The summed E-state index contributed by atoms with van der Waals surface area (Å²) < 4.78 is 17.1. The molecule has 1 atom stereocenters. The van der Waals surface area contributed by atoms with Gasteiger partial charge in [-0.15, -0.1) is 0 Å². The van der Waals surface area contributed by atoms with Crippen molar-refractivity contribution >= 4 is 5.91 Å².